The van der Waals surface area contributed by atoms with Gasteiger partial charge in [0, 0.05) is 32.2 Å². The molecule has 7 heteroatoms. The van der Waals surface area contributed by atoms with Crippen molar-refractivity contribution in [2.75, 3.05) is 26.2 Å². The summed E-state index contributed by atoms with van der Waals surface area (Å²) >= 11 is 1.44. The highest BCUT2D eigenvalue weighted by Gasteiger charge is 2.27. The molecule has 0 bridgehead atoms. The van der Waals surface area contributed by atoms with E-state index in [1.54, 1.807) is 15.9 Å². The number of nitrogens with zero attached hydrogens (tertiary/aromatic N) is 3. The molecule has 1 aliphatic heterocycles. The normalized spacial score (nSPS) is 14.3. The van der Waals surface area contributed by atoms with Crippen LogP contribution >= 0.6 is 11.3 Å². The molecule has 6 nitrogen and oxygen atoms in total. The van der Waals surface area contributed by atoms with E-state index < -0.39 is 0 Å². The molecule has 0 saturated carbocycles. The third-order valence-electron chi connectivity index (χ3n) is 4.87. The zero-order valence-electron chi connectivity index (χ0n) is 15.4. The molecular weight excluding hydrogens is 374 g/mol. The Morgan fingerprint density at radius 2 is 1.64 bits per heavy atom. The summed E-state index contributed by atoms with van der Waals surface area (Å²) in [4.78, 5) is 29.3. The largest absolute Gasteiger partial charge is 0.351 e. The highest BCUT2D eigenvalue weighted by molar-refractivity contribution is 7.12. The molecule has 1 aromatic carbocycles. The maximum Gasteiger partial charge on any atom is 0.292 e. The highest BCUT2D eigenvalue weighted by atomic mass is 32.1. The fraction of sp³-hybridized carbons (Fsp3) is 0.286. The Hall–Kier alpha value is -2.93. The summed E-state index contributed by atoms with van der Waals surface area (Å²) < 4.78 is 5.28. The molecule has 3 aromatic rings. The number of piperazine rings is 1. The number of thiophene rings is 1. The molecular formula is C21H21N3O3S. The summed E-state index contributed by atoms with van der Waals surface area (Å²) in [6.07, 6.45) is 1.58. The molecule has 0 spiro atoms. The molecule has 1 saturated heterocycles. The van der Waals surface area contributed by atoms with Gasteiger partial charge in [-0.3, -0.25) is 9.59 Å². The van der Waals surface area contributed by atoms with Crippen LogP contribution in [0.3, 0.4) is 0 Å². The first-order chi connectivity index (χ1) is 13.7. The third kappa shape index (κ3) is 4.14. The van der Waals surface area contributed by atoms with Crippen molar-refractivity contribution in [1.82, 2.24) is 15.0 Å². The van der Waals surface area contributed by atoms with Crippen LogP contribution in [-0.2, 0) is 12.8 Å². The van der Waals surface area contributed by atoms with E-state index in [0.717, 1.165) is 23.4 Å². The minimum atomic E-state index is -0.165. The summed E-state index contributed by atoms with van der Waals surface area (Å²) in [5.74, 6) is 0.132. The van der Waals surface area contributed by atoms with Crippen LogP contribution < -0.4 is 0 Å². The average Bonchev–Trinajstić information content (AvgIpc) is 3.44. The van der Waals surface area contributed by atoms with Gasteiger partial charge in [0.2, 0.25) is 5.76 Å². The van der Waals surface area contributed by atoms with Gasteiger partial charge in [-0.25, -0.2) is 0 Å². The Morgan fingerprint density at radius 3 is 2.32 bits per heavy atom. The van der Waals surface area contributed by atoms with E-state index in [2.05, 4.69) is 17.3 Å². The molecule has 2 amide bonds. The molecule has 1 aliphatic rings. The van der Waals surface area contributed by atoms with Gasteiger partial charge in [0.1, 0.15) is 0 Å². The van der Waals surface area contributed by atoms with Crippen molar-refractivity contribution in [3.63, 3.8) is 0 Å². The maximum atomic E-state index is 12.7. The molecule has 28 heavy (non-hydrogen) atoms. The van der Waals surface area contributed by atoms with Crippen LogP contribution in [0.2, 0.25) is 0 Å². The standard InChI is InChI=1S/C21H21N3O3S/c25-20(18-15-17(22-27-18)9-8-16-5-2-1-3-6-16)23-10-12-24(13-11-23)21(26)19-7-4-14-28-19/h1-7,14-15H,8-13H2. The van der Waals surface area contributed by atoms with Gasteiger partial charge >= 0.3 is 0 Å². The predicted octanol–water partition coefficient (Wildman–Crippen LogP) is 3.12. The van der Waals surface area contributed by atoms with Crippen molar-refractivity contribution in [2.45, 2.75) is 12.8 Å². The fourth-order valence-corrected chi connectivity index (χ4v) is 3.96. The van der Waals surface area contributed by atoms with Gasteiger partial charge in [0.25, 0.3) is 11.8 Å². The quantitative estimate of drug-likeness (QED) is 0.666. The topological polar surface area (TPSA) is 66.7 Å². The second-order valence-electron chi connectivity index (χ2n) is 6.73. The Bertz CT molecular complexity index is 929. The molecule has 0 N–H and O–H groups in total. The van der Waals surface area contributed by atoms with E-state index >= 15 is 0 Å². The number of carbonyl (C=O) groups is 2. The van der Waals surface area contributed by atoms with Gasteiger partial charge in [-0.1, -0.05) is 41.6 Å². The highest BCUT2D eigenvalue weighted by Crippen LogP contribution is 2.16. The van der Waals surface area contributed by atoms with Crippen LogP contribution in [0.4, 0.5) is 0 Å². The van der Waals surface area contributed by atoms with Crippen molar-refractivity contribution in [3.8, 4) is 0 Å². The number of hydrogen-bond acceptors (Lipinski definition) is 5. The smallest absolute Gasteiger partial charge is 0.292 e. The number of hydrogen-bond donors (Lipinski definition) is 0. The zero-order chi connectivity index (χ0) is 19.3. The van der Waals surface area contributed by atoms with Gasteiger partial charge in [0.05, 0.1) is 10.6 Å². The van der Waals surface area contributed by atoms with Gasteiger partial charge < -0.3 is 14.3 Å². The van der Waals surface area contributed by atoms with Gasteiger partial charge in [-0.05, 0) is 29.9 Å². The van der Waals surface area contributed by atoms with Crippen LogP contribution in [0.15, 0.2) is 58.4 Å². The van der Waals surface area contributed by atoms with Crippen LogP contribution in [-0.4, -0.2) is 52.9 Å². The lowest BCUT2D eigenvalue weighted by molar-refractivity contribution is 0.0515. The number of amides is 2. The molecule has 2 aromatic heterocycles. The van der Waals surface area contributed by atoms with Crippen LogP contribution in [0, 0.1) is 0 Å². The maximum absolute atomic E-state index is 12.7. The number of aromatic nitrogens is 1. The zero-order valence-corrected chi connectivity index (χ0v) is 16.2. The average molecular weight is 395 g/mol. The molecule has 3 heterocycles. The van der Waals surface area contributed by atoms with E-state index in [0.29, 0.717) is 26.2 Å². The number of benzene rings is 1. The number of rotatable bonds is 5. The van der Waals surface area contributed by atoms with E-state index in [-0.39, 0.29) is 17.6 Å². The Kier molecular flexibility index (Phi) is 5.53. The second kappa shape index (κ2) is 8.39. The summed E-state index contributed by atoms with van der Waals surface area (Å²) in [6, 6.07) is 15.6. The first-order valence-corrected chi connectivity index (χ1v) is 10.2. The lowest BCUT2D eigenvalue weighted by atomic mass is 10.1. The molecule has 1 fully saturated rings. The third-order valence-corrected chi connectivity index (χ3v) is 5.73. The van der Waals surface area contributed by atoms with E-state index in [4.69, 9.17) is 4.52 Å². The molecule has 0 atom stereocenters. The van der Waals surface area contributed by atoms with Gasteiger partial charge in [-0.2, -0.15) is 0 Å². The monoisotopic (exact) mass is 395 g/mol. The van der Waals surface area contributed by atoms with Crippen molar-refractivity contribution in [3.05, 3.63) is 75.8 Å². The Labute approximate surface area is 167 Å². The van der Waals surface area contributed by atoms with Crippen molar-refractivity contribution in [2.24, 2.45) is 0 Å². The van der Waals surface area contributed by atoms with E-state index in [1.165, 1.54) is 16.9 Å². The summed E-state index contributed by atoms with van der Waals surface area (Å²) in [5.41, 5.74) is 2.00. The lowest BCUT2D eigenvalue weighted by Gasteiger charge is -2.34. The van der Waals surface area contributed by atoms with Crippen molar-refractivity contribution >= 4 is 23.2 Å². The van der Waals surface area contributed by atoms with Gasteiger partial charge in [-0.15, -0.1) is 11.3 Å². The number of carbonyl (C=O) groups excluding carboxylic acids is 2. The second-order valence-corrected chi connectivity index (χ2v) is 7.68. The molecule has 144 valence electrons. The van der Waals surface area contributed by atoms with Gasteiger partial charge in [0.15, 0.2) is 0 Å². The molecule has 4 rings (SSSR count). The SMILES string of the molecule is O=C(c1cc(CCc2ccccc2)no1)N1CCN(C(=O)c2cccs2)CC1. The number of aryl methyl sites for hydroxylation is 2. The van der Waals surface area contributed by atoms with Crippen LogP contribution in [0.25, 0.3) is 0 Å². The fourth-order valence-electron chi connectivity index (χ4n) is 3.27. The first-order valence-electron chi connectivity index (χ1n) is 9.32. The molecule has 0 unspecified atom stereocenters. The Morgan fingerprint density at radius 1 is 0.929 bits per heavy atom. The summed E-state index contributed by atoms with van der Waals surface area (Å²) in [5, 5.41) is 5.93. The van der Waals surface area contributed by atoms with Crippen LogP contribution in [0.5, 0.6) is 0 Å². The molecule has 0 aliphatic carbocycles. The van der Waals surface area contributed by atoms with Crippen molar-refractivity contribution in [1.29, 1.82) is 0 Å². The minimum absolute atomic E-state index is 0.0324. The van der Waals surface area contributed by atoms with E-state index in [9.17, 15) is 9.59 Å². The van der Waals surface area contributed by atoms with E-state index in [1.807, 2.05) is 35.7 Å². The Balaban J connectivity index is 1.30. The summed E-state index contributed by atoms with van der Waals surface area (Å²) in [6.45, 7) is 2.04. The molecule has 0 radical (unpaired) electrons. The first kappa shape index (κ1) is 18.4. The van der Waals surface area contributed by atoms with Crippen LogP contribution in [0.1, 0.15) is 31.5 Å². The summed E-state index contributed by atoms with van der Waals surface area (Å²) in [7, 11) is 0. The van der Waals surface area contributed by atoms with Crippen molar-refractivity contribution < 1.29 is 14.1 Å². The minimum Gasteiger partial charge on any atom is -0.351 e. The lowest BCUT2D eigenvalue weighted by Crippen LogP contribution is -2.50. The predicted molar refractivity (Wildman–Crippen MR) is 106 cm³/mol.